The molecule has 0 aliphatic carbocycles. The van der Waals surface area contributed by atoms with Gasteiger partial charge in [-0.05, 0) is 31.9 Å². The molecule has 0 radical (unpaired) electrons. The minimum Gasteiger partial charge on any atom is -0.385 e. The van der Waals surface area contributed by atoms with Crippen LogP contribution in [-0.4, -0.2) is 43.3 Å². The van der Waals surface area contributed by atoms with Crippen LogP contribution in [0, 0.1) is 0 Å². The standard InChI is InChI=1S/C16H24N2O/c1-16(2)12-18(9-10-19-16)11-13-7-8-17-15-6-4-3-5-14(13)15/h3-6,13,17H,7-12H2,1-2H3. The van der Waals surface area contributed by atoms with Crippen LogP contribution in [0.4, 0.5) is 5.69 Å². The molecule has 104 valence electrons. The number of ether oxygens (including phenoxy) is 1. The topological polar surface area (TPSA) is 24.5 Å². The maximum Gasteiger partial charge on any atom is 0.0753 e. The number of hydrogen-bond donors (Lipinski definition) is 1. The lowest BCUT2D eigenvalue weighted by molar-refractivity contribution is -0.0872. The van der Waals surface area contributed by atoms with E-state index in [9.17, 15) is 0 Å². The van der Waals surface area contributed by atoms with Crippen molar-refractivity contribution in [2.45, 2.75) is 31.8 Å². The maximum absolute atomic E-state index is 5.80. The van der Waals surface area contributed by atoms with Crippen molar-refractivity contribution in [3.63, 3.8) is 0 Å². The van der Waals surface area contributed by atoms with Crippen LogP contribution >= 0.6 is 0 Å². The van der Waals surface area contributed by atoms with Gasteiger partial charge in [-0.15, -0.1) is 0 Å². The van der Waals surface area contributed by atoms with Gasteiger partial charge < -0.3 is 10.1 Å². The van der Waals surface area contributed by atoms with Gasteiger partial charge in [0.2, 0.25) is 0 Å². The summed E-state index contributed by atoms with van der Waals surface area (Å²) in [5.41, 5.74) is 2.81. The Kier molecular flexibility index (Phi) is 3.50. The van der Waals surface area contributed by atoms with E-state index in [0.29, 0.717) is 5.92 Å². The Morgan fingerprint density at radius 1 is 1.37 bits per heavy atom. The molecule has 1 N–H and O–H groups in total. The van der Waals surface area contributed by atoms with E-state index in [1.54, 1.807) is 0 Å². The molecule has 19 heavy (non-hydrogen) atoms. The normalized spacial score (nSPS) is 26.5. The molecule has 1 unspecified atom stereocenters. The van der Waals surface area contributed by atoms with Crippen LogP contribution < -0.4 is 5.32 Å². The number of morpholine rings is 1. The molecule has 2 aliphatic heterocycles. The zero-order valence-corrected chi connectivity index (χ0v) is 12.0. The molecule has 0 saturated carbocycles. The smallest absolute Gasteiger partial charge is 0.0753 e. The van der Waals surface area contributed by atoms with Gasteiger partial charge in [0, 0.05) is 37.8 Å². The fourth-order valence-electron chi connectivity index (χ4n) is 3.32. The lowest BCUT2D eigenvalue weighted by Gasteiger charge is -2.40. The van der Waals surface area contributed by atoms with Crippen LogP contribution in [0.15, 0.2) is 24.3 Å². The molecule has 1 atom stereocenters. The van der Waals surface area contributed by atoms with Crippen molar-refractivity contribution in [2.24, 2.45) is 0 Å². The van der Waals surface area contributed by atoms with Crippen LogP contribution in [0.2, 0.25) is 0 Å². The second kappa shape index (κ2) is 5.14. The summed E-state index contributed by atoms with van der Waals surface area (Å²) in [5.74, 6) is 0.659. The first-order valence-electron chi connectivity index (χ1n) is 7.33. The van der Waals surface area contributed by atoms with Gasteiger partial charge in [-0.2, -0.15) is 0 Å². The second-order valence-corrected chi connectivity index (χ2v) is 6.34. The molecule has 2 aliphatic rings. The van der Waals surface area contributed by atoms with Gasteiger partial charge in [0.15, 0.2) is 0 Å². The molecule has 0 spiro atoms. The zero-order chi connectivity index (χ0) is 13.3. The fourth-order valence-corrected chi connectivity index (χ4v) is 3.32. The molecule has 0 bridgehead atoms. The summed E-state index contributed by atoms with van der Waals surface area (Å²) in [4.78, 5) is 2.57. The van der Waals surface area contributed by atoms with E-state index < -0.39 is 0 Å². The molecule has 3 rings (SSSR count). The number of hydrogen-bond acceptors (Lipinski definition) is 3. The van der Waals surface area contributed by atoms with Gasteiger partial charge in [-0.1, -0.05) is 18.2 Å². The lowest BCUT2D eigenvalue weighted by Crippen LogP contribution is -2.49. The molecule has 1 saturated heterocycles. The van der Waals surface area contributed by atoms with E-state index in [-0.39, 0.29) is 5.60 Å². The minimum absolute atomic E-state index is 0.00465. The van der Waals surface area contributed by atoms with E-state index in [0.717, 1.165) is 32.8 Å². The molecule has 2 heterocycles. The summed E-state index contributed by atoms with van der Waals surface area (Å²) in [6.45, 7) is 9.60. The third-order valence-corrected chi connectivity index (χ3v) is 4.19. The lowest BCUT2D eigenvalue weighted by atomic mass is 9.90. The first kappa shape index (κ1) is 12.9. The van der Waals surface area contributed by atoms with E-state index in [2.05, 4.69) is 48.3 Å². The highest BCUT2D eigenvalue weighted by Crippen LogP contribution is 2.32. The SMILES string of the molecule is CC1(C)CN(CC2CCNc3ccccc32)CCO1. The molecule has 0 aromatic heterocycles. The van der Waals surface area contributed by atoms with E-state index in [1.807, 2.05) is 0 Å². The predicted molar refractivity (Wildman–Crippen MR) is 78.8 cm³/mol. The molecule has 1 fully saturated rings. The Morgan fingerprint density at radius 3 is 3.05 bits per heavy atom. The highest BCUT2D eigenvalue weighted by molar-refractivity contribution is 5.54. The third kappa shape index (κ3) is 2.93. The summed E-state index contributed by atoms with van der Waals surface area (Å²) < 4.78 is 5.80. The van der Waals surface area contributed by atoms with Gasteiger partial charge >= 0.3 is 0 Å². The van der Waals surface area contributed by atoms with Gasteiger partial charge in [-0.3, -0.25) is 4.90 Å². The number of benzene rings is 1. The van der Waals surface area contributed by atoms with Crippen molar-refractivity contribution >= 4 is 5.69 Å². The monoisotopic (exact) mass is 260 g/mol. The van der Waals surface area contributed by atoms with Crippen LogP contribution in [0.1, 0.15) is 31.7 Å². The van der Waals surface area contributed by atoms with Crippen molar-refractivity contribution in [3.05, 3.63) is 29.8 Å². The van der Waals surface area contributed by atoms with Crippen molar-refractivity contribution in [3.8, 4) is 0 Å². The fraction of sp³-hybridized carbons (Fsp3) is 0.625. The van der Waals surface area contributed by atoms with Gasteiger partial charge in [0.25, 0.3) is 0 Å². The number of rotatable bonds is 2. The number of nitrogens with zero attached hydrogens (tertiary/aromatic N) is 1. The Hall–Kier alpha value is -1.06. The first-order valence-corrected chi connectivity index (χ1v) is 7.33. The average molecular weight is 260 g/mol. The predicted octanol–water partition coefficient (Wildman–Crippen LogP) is 2.70. The summed E-state index contributed by atoms with van der Waals surface area (Å²) in [7, 11) is 0. The molecule has 3 nitrogen and oxygen atoms in total. The van der Waals surface area contributed by atoms with Gasteiger partial charge in [-0.25, -0.2) is 0 Å². The van der Waals surface area contributed by atoms with Crippen LogP contribution in [0.5, 0.6) is 0 Å². The highest BCUT2D eigenvalue weighted by Gasteiger charge is 2.29. The molecular weight excluding hydrogens is 236 g/mol. The minimum atomic E-state index is 0.00465. The quantitative estimate of drug-likeness (QED) is 0.885. The van der Waals surface area contributed by atoms with E-state index in [4.69, 9.17) is 4.74 Å². The molecule has 0 amide bonds. The van der Waals surface area contributed by atoms with Crippen LogP contribution in [0.25, 0.3) is 0 Å². The molecule has 3 heteroatoms. The largest absolute Gasteiger partial charge is 0.385 e. The molecule has 1 aromatic rings. The summed E-state index contributed by atoms with van der Waals surface area (Å²) in [6, 6.07) is 8.75. The van der Waals surface area contributed by atoms with Crippen molar-refractivity contribution in [1.29, 1.82) is 0 Å². The zero-order valence-electron chi connectivity index (χ0n) is 12.0. The van der Waals surface area contributed by atoms with Crippen molar-refractivity contribution in [1.82, 2.24) is 4.90 Å². The first-order chi connectivity index (χ1) is 9.14. The number of para-hydroxylation sites is 1. The van der Waals surface area contributed by atoms with E-state index in [1.165, 1.54) is 17.7 Å². The Bertz CT molecular complexity index is 444. The van der Waals surface area contributed by atoms with Crippen LogP contribution in [0.3, 0.4) is 0 Å². The summed E-state index contributed by atoms with van der Waals surface area (Å²) >= 11 is 0. The Balaban J connectivity index is 1.71. The molecular formula is C16H24N2O. The van der Waals surface area contributed by atoms with E-state index >= 15 is 0 Å². The number of anilines is 1. The molecule has 1 aromatic carbocycles. The Morgan fingerprint density at radius 2 is 2.21 bits per heavy atom. The summed E-state index contributed by atoms with van der Waals surface area (Å²) in [5, 5.41) is 3.50. The Labute approximate surface area is 115 Å². The van der Waals surface area contributed by atoms with Gasteiger partial charge in [0.1, 0.15) is 0 Å². The summed E-state index contributed by atoms with van der Waals surface area (Å²) in [6.07, 6.45) is 1.23. The van der Waals surface area contributed by atoms with Gasteiger partial charge in [0.05, 0.1) is 12.2 Å². The second-order valence-electron chi connectivity index (χ2n) is 6.34. The van der Waals surface area contributed by atoms with Crippen molar-refractivity contribution in [2.75, 3.05) is 38.1 Å². The van der Waals surface area contributed by atoms with Crippen LogP contribution in [-0.2, 0) is 4.74 Å². The number of nitrogens with one attached hydrogen (secondary N) is 1. The maximum atomic E-state index is 5.80. The third-order valence-electron chi connectivity index (χ3n) is 4.19. The number of fused-ring (bicyclic) bond motifs is 1. The highest BCUT2D eigenvalue weighted by atomic mass is 16.5. The average Bonchev–Trinajstić information content (AvgIpc) is 2.38. The van der Waals surface area contributed by atoms with Crippen molar-refractivity contribution < 1.29 is 4.74 Å².